The van der Waals surface area contributed by atoms with Crippen LogP contribution in [-0.2, 0) is 4.74 Å². The van der Waals surface area contributed by atoms with Gasteiger partial charge in [-0.15, -0.1) is 0 Å². The summed E-state index contributed by atoms with van der Waals surface area (Å²) < 4.78 is 10.4. The smallest absolute Gasteiger partial charge is 0.338 e. The molecule has 28 heavy (non-hydrogen) atoms. The number of nitrogen functional groups attached to an aromatic ring is 1. The number of nitrogens with zero attached hydrogens (tertiary/aromatic N) is 4. The number of carbonyl (C=O) groups is 2. The lowest BCUT2D eigenvalue weighted by Gasteiger charge is -2.00. The van der Waals surface area contributed by atoms with Crippen molar-refractivity contribution in [3.63, 3.8) is 0 Å². The van der Waals surface area contributed by atoms with Gasteiger partial charge in [-0.25, -0.2) is 20.6 Å². The first-order valence-corrected chi connectivity index (χ1v) is 9.95. The molecule has 4 aromatic rings. The Hall–Kier alpha value is -2.26. The summed E-state index contributed by atoms with van der Waals surface area (Å²) in [5.74, 6) is 4.37. The molecule has 0 fully saturated rings. The Morgan fingerprint density at radius 1 is 1.00 bits per heavy atom. The molecule has 0 spiro atoms. The van der Waals surface area contributed by atoms with Crippen molar-refractivity contribution in [2.45, 2.75) is 0 Å². The summed E-state index contributed by atoms with van der Waals surface area (Å²) in [6.07, 6.45) is 7.07. The molecule has 3 N–H and O–H groups in total. The summed E-state index contributed by atoms with van der Waals surface area (Å²) in [5, 5.41) is 0. The maximum absolute atomic E-state index is 11.2. The number of nitrogens with two attached hydrogens (primary N) is 1. The number of methoxy groups -OCH3 is 1. The lowest BCUT2D eigenvalue weighted by atomic mass is 10.2. The zero-order valence-corrected chi connectivity index (χ0v) is 18.8. The van der Waals surface area contributed by atoms with Crippen LogP contribution in [0.4, 0.5) is 0 Å². The molecule has 1 amide bonds. The Bertz CT molecular complexity index is 1080. The van der Waals surface area contributed by atoms with Crippen LogP contribution in [0.15, 0.2) is 49.1 Å². The van der Waals surface area contributed by atoms with E-state index in [4.69, 9.17) is 5.84 Å². The van der Waals surface area contributed by atoms with Gasteiger partial charge in [0.25, 0.3) is 5.91 Å². The largest absolute Gasteiger partial charge is 0.465 e. The van der Waals surface area contributed by atoms with Gasteiger partial charge in [-0.2, -0.15) is 0 Å². The van der Waals surface area contributed by atoms with Gasteiger partial charge >= 0.3 is 5.97 Å². The third kappa shape index (κ3) is 4.25. The van der Waals surface area contributed by atoms with Crippen molar-refractivity contribution in [3.8, 4) is 0 Å². The first-order valence-electron chi connectivity index (χ1n) is 7.79. The maximum atomic E-state index is 11.2. The minimum atomic E-state index is -0.342. The van der Waals surface area contributed by atoms with Gasteiger partial charge in [-0.05, 0) is 69.4 Å². The molecule has 144 valence electrons. The summed E-state index contributed by atoms with van der Waals surface area (Å²) in [4.78, 5) is 30.7. The Labute approximate surface area is 186 Å². The average Bonchev–Trinajstić information content (AvgIpc) is 3.29. The Balaban J connectivity index is 0.000000161. The van der Waals surface area contributed by atoms with Crippen molar-refractivity contribution in [3.05, 3.63) is 67.6 Å². The SMILES string of the molecule is COC(=O)c1ccn2c(I)cnc2c1.NNC(=O)c1ccn2c(I)cnc2c1. The number of nitrogens with one attached hydrogen (secondary N) is 1. The van der Waals surface area contributed by atoms with E-state index in [1.807, 2.05) is 8.80 Å². The van der Waals surface area contributed by atoms with E-state index in [1.54, 1.807) is 49.1 Å². The molecule has 0 aliphatic carbocycles. The third-order valence-electron chi connectivity index (χ3n) is 3.75. The van der Waals surface area contributed by atoms with Crippen LogP contribution in [0.3, 0.4) is 0 Å². The number of halogens is 2. The van der Waals surface area contributed by atoms with Gasteiger partial charge in [0.05, 0.1) is 25.1 Å². The molecule has 0 aromatic carbocycles. The number of hydrogen-bond donors (Lipinski definition) is 2. The fourth-order valence-electron chi connectivity index (χ4n) is 2.37. The highest BCUT2D eigenvalue weighted by Gasteiger charge is 2.08. The molecular formula is C17H14I2N6O3. The number of pyridine rings is 2. The van der Waals surface area contributed by atoms with Crippen molar-refractivity contribution in [1.29, 1.82) is 0 Å². The molecule has 0 aliphatic rings. The summed E-state index contributed by atoms with van der Waals surface area (Å²) >= 11 is 4.34. The number of imidazole rings is 2. The molecule has 0 bridgehead atoms. The fourth-order valence-corrected chi connectivity index (χ4v) is 3.46. The molecule has 0 aliphatic heterocycles. The molecule has 0 saturated heterocycles. The molecule has 4 aromatic heterocycles. The van der Waals surface area contributed by atoms with Crippen molar-refractivity contribution in [1.82, 2.24) is 24.2 Å². The summed E-state index contributed by atoms with van der Waals surface area (Å²) in [7, 11) is 1.36. The lowest BCUT2D eigenvalue weighted by Crippen LogP contribution is -2.29. The van der Waals surface area contributed by atoms with E-state index >= 15 is 0 Å². The molecular weight excluding hydrogens is 590 g/mol. The van der Waals surface area contributed by atoms with E-state index in [2.05, 4.69) is 65.3 Å². The Morgan fingerprint density at radius 3 is 2.00 bits per heavy atom. The summed E-state index contributed by atoms with van der Waals surface area (Å²) in [6, 6.07) is 6.79. The highest BCUT2D eigenvalue weighted by Crippen LogP contribution is 2.12. The van der Waals surface area contributed by atoms with Crippen LogP contribution in [0.25, 0.3) is 11.3 Å². The number of esters is 1. The van der Waals surface area contributed by atoms with Crippen LogP contribution in [-0.4, -0.2) is 37.8 Å². The molecule has 0 atom stereocenters. The van der Waals surface area contributed by atoms with Crippen LogP contribution in [0, 0.1) is 7.40 Å². The molecule has 4 rings (SSSR count). The molecule has 9 nitrogen and oxygen atoms in total. The van der Waals surface area contributed by atoms with E-state index < -0.39 is 0 Å². The molecule has 0 radical (unpaired) electrons. The highest BCUT2D eigenvalue weighted by atomic mass is 127. The average molecular weight is 604 g/mol. The summed E-state index contributed by atoms with van der Waals surface area (Å²) in [6.45, 7) is 0. The fraction of sp³-hybridized carbons (Fsp3) is 0.0588. The number of carbonyl (C=O) groups excluding carboxylic acids is 2. The monoisotopic (exact) mass is 604 g/mol. The highest BCUT2D eigenvalue weighted by molar-refractivity contribution is 14.1. The summed E-state index contributed by atoms with van der Waals surface area (Å²) in [5.41, 5.74) is 4.57. The predicted octanol–water partition coefficient (Wildman–Crippen LogP) is 2.27. The second-order valence-electron chi connectivity index (χ2n) is 5.41. The van der Waals surface area contributed by atoms with Crippen molar-refractivity contribution in [2.75, 3.05) is 7.11 Å². The van der Waals surface area contributed by atoms with Gasteiger partial charge in [0.1, 0.15) is 18.7 Å². The van der Waals surface area contributed by atoms with Crippen LogP contribution in [0.2, 0.25) is 0 Å². The standard InChI is InChI=1S/C9H7IN2O2.C8H7IN4O/c1-14-9(13)6-2-3-12-7(10)5-11-8(12)4-6;9-6-4-11-7-3-5(8(14)12-10)1-2-13(6)7/h2-5H,1H3;1-4H,10H2,(H,12,14). The van der Waals surface area contributed by atoms with E-state index in [1.165, 1.54) is 7.11 Å². The molecule has 0 unspecified atom stereocenters. The zero-order chi connectivity index (χ0) is 20.3. The number of fused-ring (bicyclic) bond motifs is 2. The maximum Gasteiger partial charge on any atom is 0.338 e. The van der Waals surface area contributed by atoms with Gasteiger partial charge in [-0.1, -0.05) is 0 Å². The second-order valence-corrected chi connectivity index (χ2v) is 7.62. The van der Waals surface area contributed by atoms with Crippen LogP contribution in [0.5, 0.6) is 0 Å². The normalized spacial score (nSPS) is 10.4. The van der Waals surface area contributed by atoms with E-state index in [-0.39, 0.29) is 11.9 Å². The predicted molar refractivity (Wildman–Crippen MR) is 119 cm³/mol. The van der Waals surface area contributed by atoms with Gasteiger partial charge in [0.15, 0.2) is 0 Å². The van der Waals surface area contributed by atoms with Crippen molar-refractivity contribution >= 4 is 68.4 Å². The minimum absolute atomic E-state index is 0.314. The molecule has 11 heteroatoms. The molecule has 4 heterocycles. The van der Waals surface area contributed by atoms with Gasteiger partial charge in [0, 0.05) is 18.0 Å². The number of hydrogen-bond acceptors (Lipinski definition) is 6. The van der Waals surface area contributed by atoms with Crippen LogP contribution >= 0.6 is 45.2 Å². The Kier molecular flexibility index (Phi) is 6.46. The topological polar surface area (TPSA) is 116 Å². The van der Waals surface area contributed by atoms with Gasteiger partial charge < -0.3 is 4.74 Å². The second kappa shape index (κ2) is 8.83. The zero-order valence-electron chi connectivity index (χ0n) is 14.5. The van der Waals surface area contributed by atoms with E-state index in [9.17, 15) is 9.59 Å². The van der Waals surface area contributed by atoms with Crippen molar-refractivity contribution < 1.29 is 14.3 Å². The van der Waals surface area contributed by atoms with Crippen LogP contribution in [0.1, 0.15) is 20.7 Å². The number of ether oxygens (including phenoxy) is 1. The van der Waals surface area contributed by atoms with Crippen molar-refractivity contribution in [2.24, 2.45) is 5.84 Å². The number of rotatable bonds is 2. The van der Waals surface area contributed by atoms with E-state index in [0.717, 1.165) is 18.7 Å². The van der Waals surface area contributed by atoms with E-state index in [0.29, 0.717) is 11.1 Å². The Morgan fingerprint density at radius 2 is 1.50 bits per heavy atom. The van der Waals surface area contributed by atoms with Gasteiger partial charge in [0.2, 0.25) is 0 Å². The number of amides is 1. The quantitative estimate of drug-likeness (QED) is 0.119. The molecule has 0 saturated carbocycles. The number of aromatic nitrogens is 4. The van der Waals surface area contributed by atoms with Gasteiger partial charge in [-0.3, -0.25) is 19.0 Å². The first kappa shape index (κ1) is 20.5. The number of hydrazine groups is 1. The first-order chi connectivity index (χ1) is 13.4. The third-order valence-corrected chi connectivity index (χ3v) is 5.35. The minimum Gasteiger partial charge on any atom is -0.465 e. The lowest BCUT2D eigenvalue weighted by molar-refractivity contribution is 0.0600. The van der Waals surface area contributed by atoms with Crippen LogP contribution < -0.4 is 11.3 Å².